The third-order valence-corrected chi connectivity index (χ3v) is 2.37. The molecule has 102 valence electrons. The molecule has 2 rings (SSSR count). The molecule has 0 saturated heterocycles. The van der Waals surface area contributed by atoms with E-state index in [4.69, 9.17) is 9.15 Å². The van der Waals surface area contributed by atoms with Crippen molar-refractivity contribution in [3.05, 3.63) is 24.2 Å². The Morgan fingerprint density at radius 1 is 1.32 bits per heavy atom. The molecule has 2 heterocycles. The summed E-state index contributed by atoms with van der Waals surface area (Å²) in [6.45, 7) is 3.60. The molecular formula is C12H17N5O2. The molecule has 0 aliphatic carbocycles. The lowest BCUT2D eigenvalue weighted by Gasteiger charge is -2.02. The highest BCUT2D eigenvalue weighted by atomic mass is 16.5. The van der Waals surface area contributed by atoms with Crippen LogP contribution >= 0.6 is 0 Å². The summed E-state index contributed by atoms with van der Waals surface area (Å²) in [7, 11) is 1.57. The van der Waals surface area contributed by atoms with Crippen molar-refractivity contribution in [1.29, 1.82) is 0 Å². The van der Waals surface area contributed by atoms with Gasteiger partial charge in [0.15, 0.2) is 0 Å². The third-order valence-electron chi connectivity index (χ3n) is 2.37. The molecule has 0 bridgehead atoms. The fourth-order valence-electron chi connectivity index (χ4n) is 1.45. The van der Waals surface area contributed by atoms with Crippen LogP contribution in [0.15, 0.2) is 22.7 Å². The number of rotatable bonds is 7. The Morgan fingerprint density at radius 3 is 2.89 bits per heavy atom. The van der Waals surface area contributed by atoms with Crippen LogP contribution in [0.2, 0.25) is 0 Å². The molecule has 0 amide bonds. The molecule has 0 atom stereocenters. The van der Waals surface area contributed by atoms with Gasteiger partial charge in [0, 0.05) is 6.07 Å². The first-order valence-electron chi connectivity index (χ1n) is 6.12. The number of methoxy groups -OCH3 is 1. The number of anilines is 2. The molecule has 0 unspecified atom stereocenters. The molecule has 2 aromatic heterocycles. The molecule has 0 aliphatic rings. The van der Waals surface area contributed by atoms with E-state index in [0.29, 0.717) is 24.3 Å². The average Bonchev–Trinajstić information content (AvgIpc) is 2.88. The molecule has 2 N–H and O–H groups in total. The zero-order valence-corrected chi connectivity index (χ0v) is 11.0. The van der Waals surface area contributed by atoms with Crippen molar-refractivity contribution < 1.29 is 9.15 Å². The van der Waals surface area contributed by atoms with E-state index >= 15 is 0 Å². The maximum Gasteiger partial charge on any atom is 0.320 e. The van der Waals surface area contributed by atoms with E-state index in [9.17, 15) is 0 Å². The van der Waals surface area contributed by atoms with Gasteiger partial charge in [-0.3, -0.25) is 0 Å². The van der Waals surface area contributed by atoms with E-state index in [2.05, 4.69) is 32.7 Å². The van der Waals surface area contributed by atoms with Crippen molar-refractivity contribution in [3.63, 3.8) is 0 Å². The van der Waals surface area contributed by atoms with Crippen molar-refractivity contribution in [2.75, 3.05) is 19.0 Å². The highest BCUT2D eigenvalue weighted by Gasteiger charge is 2.06. The number of pyridine rings is 1. The number of hydrogen-bond acceptors (Lipinski definition) is 7. The van der Waals surface area contributed by atoms with Gasteiger partial charge in [-0.25, -0.2) is 4.98 Å². The zero-order chi connectivity index (χ0) is 13.5. The number of nitrogens with one attached hydrogen (secondary N) is 2. The Morgan fingerprint density at radius 2 is 2.21 bits per heavy atom. The van der Waals surface area contributed by atoms with E-state index < -0.39 is 0 Å². The van der Waals surface area contributed by atoms with Crippen molar-refractivity contribution >= 4 is 11.7 Å². The van der Waals surface area contributed by atoms with Crippen LogP contribution in [0.25, 0.3) is 0 Å². The molecular weight excluding hydrogens is 246 g/mol. The number of aromatic nitrogens is 3. The van der Waals surface area contributed by atoms with Gasteiger partial charge in [-0.15, -0.1) is 5.10 Å². The SMILES string of the molecule is CCCNCc1nnc(Nc2ccc(OC)nc2)o1. The molecule has 0 saturated carbocycles. The third kappa shape index (κ3) is 3.92. The predicted octanol–water partition coefficient (Wildman–Crippen LogP) is 1.72. The smallest absolute Gasteiger partial charge is 0.320 e. The van der Waals surface area contributed by atoms with Crippen LogP contribution in [0, 0.1) is 0 Å². The van der Waals surface area contributed by atoms with E-state index in [1.807, 2.05) is 6.07 Å². The van der Waals surface area contributed by atoms with Gasteiger partial charge in [0.2, 0.25) is 11.8 Å². The molecule has 0 fully saturated rings. The summed E-state index contributed by atoms with van der Waals surface area (Å²) in [5.74, 6) is 1.11. The molecule has 0 spiro atoms. The average molecular weight is 263 g/mol. The summed E-state index contributed by atoms with van der Waals surface area (Å²) in [4.78, 5) is 4.07. The lowest BCUT2D eigenvalue weighted by Crippen LogP contribution is -2.13. The van der Waals surface area contributed by atoms with Crippen molar-refractivity contribution in [2.24, 2.45) is 0 Å². The van der Waals surface area contributed by atoms with E-state index in [0.717, 1.165) is 18.7 Å². The summed E-state index contributed by atoms with van der Waals surface area (Å²) in [6, 6.07) is 3.92. The Hall–Kier alpha value is -2.15. The normalized spacial score (nSPS) is 10.4. The highest BCUT2D eigenvalue weighted by Crippen LogP contribution is 2.16. The summed E-state index contributed by atoms with van der Waals surface area (Å²) in [5.41, 5.74) is 0.762. The predicted molar refractivity (Wildman–Crippen MR) is 70.4 cm³/mol. The summed E-state index contributed by atoms with van der Waals surface area (Å²) in [6.07, 6.45) is 2.70. The second-order valence-electron chi connectivity index (χ2n) is 3.89. The first-order chi connectivity index (χ1) is 9.31. The van der Waals surface area contributed by atoms with Crippen LogP contribution in [0.3, 0.4) is 0 Å². The summed E-state index contributed by atoms with van der Waals surface area (Å²) in [5, 5.41) is 14.0. The van der Waals surface area contributed by atoms with Crippen molar-refractivity contribution in [2.45, 2.75) is 19.9 Å². The molecule has 0 aromatic carbocycles. The Balaban J connectivity index is 1.91. The maximum atomic E-state index is 5.44. The number of nitrogens with zero attached hydrogens (tertiary/aromatic N) is 3. The number of ether oxygens (including phenoxy) is 1. The largest absolute Gasteiger partial charge is 0.481 e. The van der Waals surface area contributed by atoms with Crippen LogP contribution in [0.4, 0.5) is 11.7 Å². The van der Waals surface area contributed by atoms with Crippen LogP contribution in [0.5, 0.6) is 5.88 Å². The van der Waals surface area contributed by atoms with Gasteiger partial charge in [0.05, 0.1) is 25.5 Å². The van der Waals surface area contributed by atoms with Crippen LogP contribution < -0.4 is 15.4 Å². The Bertz CT molecular complexity index is 497. The molecule has 2 aromatic rings. The van der Waals surface area contributed by atoms with E-state index in [-0.39, 0.29) is 0 Å². The second-order valence-corrected chi connectivity index (χ2v) is 3.89. The molecule has 0 aliphatic heterocycles. The number of hydrogen-bond donors (Lipinski definition) is 2. The van der Waals surface area contributed by atoms with Gasteiger partial charge in [-0.2, -0.15) is 0 Å². The minimum atomic E-state index is 0.347. The van der Waals surface area contributed by atoms with Crippen molar-refractivity contribution in [3.8, 4) is 5.88 Å². The minimum Gasteiger partial charge on any atom is -0.481 e. The topological polar surface area (TPSA) is 85.1 Å². The van der Waals surface area contributed by atoms with E-state index in [1.165, 1.54) is 0 Å². The van der Waals surface area contributed by atoms with Crippen LogP contribution in [-0.4, -0.2) is 28.8 Å². The molecule has 7 nitrogen and oxygen atoms in total. The monoisotopic (exact) mass is 263 g/mol. The van der Waals surface area contributed by atoms with Crippen molar-refractivity contribution in [1.82, 2.24) is 20.5 Å². The van der Waals surface area contributed by atoms with Gasteiger partial charge < -0.3 is 19.8 Å². The van der Waals surface area contributed by atoms with Gasteiger partial charge in [-0.1, -0.05) is 12.0 Å². The van der Waals surface area contributed by atoms with Gasteiger partial charge in [0.25, 0.3) is 0 Å². The van der Waals surface area contributed by atoms with Gasteiger partial charge in [-0.05, 0) is 19.0 Å². The Kier molecular flexibility index (Phi) is 4.68. The van der Waals surface area contributed by atoms with Gasteiger partial charge in [0.1, 0.15) is 0 Å². The first-order valence-corrected chi connectivity index (χ1v) is 6.12. The maximum absolute atomic E-state index is 5.44. The van der Waals surface area contributed by atoms with E-state index in [1.54, 1.807) is 19.4 Å². The first kappa shape index (κ1) is 13.3. The standard InChI is InChI=1S/C12H17N5O2/c1-3-6-13-8-11-16-17-12(19-11)15-9-4-5-10(18-2)14-7-9/h4-5,7,13H,3,6,8H2,1-2H3,(H,15,17). The van der Waals surface area contributed by atoms with Gasteiger partial charge >= 0.3 is 6.01 Å². The fraction of sp³-hybridized carbons (Fsp3) is 0.417. The molecule has 0 radical (unpaired) electrons. The van der Waals surface area contributed by atoms with Crippen LogP contribution in [-0.2, 0) is 6.54 Å². The summed E-state index contributed by atoms with van der Waals surface area (Å²) >= 11 is 0. The quantitative estimate of drug-likeness (QED) is 0.735. The highest BCUT2D eigenvalue weighted by molar-refractivity contribution is 5.50. The minimum absolute atomic E-state index is 0.347. The molecule has 19 heavy (non-hydrogen) atoms. The zero-order valence-electron chi connectivity index (χ0n) is 11.0. The van der Waals surface area contributed by atoms with Crippen LogP contribution in [0.1, 0.15) is 19.2 Å². The molecule has 7 heteroatoms. The lowest BCUT2D eigenvalue weighted by atomic mass is 10.4. The summed E-state index contributed by atoms with van der Waals surface area (Å²) < 4.78 is 10.4. The lowest BCUT2D eigenvalue weighted by molar-refractivity contribution is 0.398. The second kappa shape index (κ2) is 6.69. The Labute approximate surface area is 111 Å². The fourth-order valence-corrected chi connectivity index (χ4v) is 1.45.